The molecule has 4 aliphatic carbocycles. The van der Waals surface area contributed by atoms with Crippen LogP contribution in [-0.4, -0.2) is 49.4 Å². The van der Waals surface area contributed by atoms with Gasteiger partial charge < -0.3 is 10.2 Å². The van der Waals surface area contributed by atoms with Crippen molar-refractivity contribution >= 4 is 15.9 Å². The number of amides is 1. The fourth-order valence-electron chi connectivity index (χ4n) is 7.11. The number of carbonyl (C=O) groups is 1. The Morgan fingerprint density at radius 2 is 1.81 bits per heavy atom. The predicted octanol–water partition coefficient (Wildman–Crippen LogP) is 2.30. The van der Waals surface area contributed by atoms with Gasteiger partial charge in [-0.1, -0.05) is 0 Å². The van der Waals surface area contributed by atoms with Gasteiger partial charge in [0.05, 0.1) is 17.5 Å². The number of hydrogen-bond donors (Lipinski definition) is 2. The number of carbonyl (C=O) groups excluding carboxylic acids is 1. The van der Waals surface area contributed by atoms with Gasteiger partial charge in [-0.05, 0) is 87.5 Å². The molecule has 1 aliphatic heterocycles. The molecule has 0 spiro atoms. The average Bonchev–Trinajstić information content (AvgIpc) is 3.19. The number of likely N-dealkylation sites (tertiary alicyclic amines) is 1. The maximum atomic E-state index is 13.3. The zero-order chi connectivity index (χ0) is 22.6. The van der Waals surface area contributed by atoms with Gasteiger partial charge in [0.25, 0.3) is 0 Å². The number of nitrogens with zero attached hydrogens (tertiary/aromatic N) is 2. The van der Waals surface area contributed by atoms with E-state index < -0.39 is 21.4 Å². The molecular weight excluding hydrogens is 431 g/mol. The normalized spacial score (nSPS) is 35.8. The molecule has 172 valence electrons. The van der Waals surface area contributed by atoms with E-state index >= 15 is 0 Å². The van der Waals surface area contributed by atoms with Crippen molar-refractivity contribution in [1.82, 2.24) is 14.9 Å². The summed E-state index contributed by atoms with van der Waals surface area (Å²) in [6.07, 6.45) is 6.80. The summed E-state index contributed by atoms with van der Waals surface area (Å²) in [6.45, 7) is 0.802. The molecule has 3 atom stereocenters. The van der Waals surface area contributed by atoms with Crippen LogP contribution in [-0.2, 0) is 14.8 Å². The van der Waals surface area contributed by atoms with Crippen molar-refractivity contribution in [3.8, 4) is 6.07 Å². The zero-order valence-corrected chi connectivity index (χ0v) is 18.8. The third-order valence-electron chi connectivity index (χ3n) is 7.87. The molecule has 4 saturated carbocycles. The molecule has 1 aromatic carbocycles. The van der Waals surface area contributed by atoms with E-state index in [2.05, 4.69) is 16.1 Å². The topological polar surface area (TPSA) is 102 Å². The molecule has 6 rings (SSSR count). The van der Waals surface area contributed by atoms with Crippen molar-refractivity contribution in [2.45, 2.75) is 73.4 Å². The highest BCUT2D eigenvalue weighted by molar-refractivity contribution is 7.89. The van der Waals surface area contributed by atoms with Gasteiger partial charge in [-0.2, -0.15) is 5.26 Å². The molecule has 1 aromatic rings. The van der Waals surface area contributed by atoms with E-state index in [0.29, 0.717) is 24.8 Å². The van der Waals surface area contributed by atoms with Gasteiger partial charge in [0.1, 0.15) is 11.9 Å². The van der Waals surface area contributed by atoms with Gasteiger partial charge >= 0.3 is 0 Å². The van der Waals surface area contributed by atoms with Crippen molar-refractivity contribution in [3.05, 3.63) is 30.1 Å². The Hall–Kier alpha value is -2.02. The van der Waals surface area contributed by atoms with E-state index in [-0.39, 0.29) is 28.9 Å². The van der Waals surface area contributed by atoms with E-state index in [1.165, 1.54) is 12.1 Å². The molecule has 0 aromatic heterocycles. The molecule has 0 radical (unpaired) electrons. The van der Waals surface area contributed by atoms with Crippen LogP contribution in [0.4, 0.5) is 4.39 Å². The second-order valence-corrected chi connectivity index (χ2v) is 12.0. The number of nitriles is 1. The SMILES string of the molecule is N#CC1CCCN1C(=O)CNC12CC3CC(C1)CC(NS(=O)(=O)c1ccc(F)cc1)(C3)C2. The van der Waals surface area contributed by atoms with Crippen molar-refractivity contribution in [2.75, 3.05) is 13.1 Å². The van der Waals surface area contributed by atoms with E-state index in [1.807, 2.05) is 0 Å². The Balaban J connectivity index is 1.32. The van der Waals surface area contributed by atoms with E-state index in [1.54, 1.807) is 4.90 Å². The molecule has 1 saturated heterocycles. The Labute approximate surface area is 188 Å². The van der Waals surface area contributed by atoms with Crippen LogP contribution in [0.1, 0.15) is 51.4 Å². The molecular formula is C23H29FN4O3S. The van der Waals surface area contributed by atoms with Crippen molar-refractivity contribution < 1.29 is 17.6 Å². The van der Waals surface area contributed by atoms with Crippen molar-refractivity contribution in [1.29, 1.82) is 5.26 Å². The van der Waals surface area contributed by atoms with Crippen LogP contribution in [0.3, 0.4) is 0 Å². The summed E-state index contributed by atoms with van der Waals surface area (Å²) < 4.78 is 42.5. The molecule has 7 nitrogen and oxygen atoms in total. The summed E-state index contributed by atoms with van der Waals surface area (Å²) in [4.78, 5) is 14.5. The first-order valence-electron chi connectivity index (χ1n) is 11.5. The lowest BCUT2D eigenvalue weighted by molar-refractivity contribution is -0.131. The maximum Gasteiger partial charge on any atom is 0.241 e. The number of benzene rings is 1. The van der Waals surface area contributed by atoms with Gasteiger partial charge in [0, 0.05) is 17.6 Å². The minimum Gasteiger partial charge on any atom is -0.326 e. The van der Waals surface area contributed by atoms with Crippen molar-refractivity contribution in [3.63, 3.8) is 0 Å². The summed E-state index contributed by atoms with van der Waals surface area (Å²) >= 11 is 0. The fraction of sp³-hybridized carbons (Fsp3) is 0.652. The van der Waals surface area contributed by atoms with E-state index in [9.17, 15) is 22.9 Å². The lowest BCUT2D eigenvalue weighted by atomic mass is 9.50. The highest BCUT2D eigenvalue weighted by atomic mass is 32.2. The monoisotopic (exact) mass is 460 g/mol. The smallest absolute Gasteiger partial charge is 0.241 e. The van der Waals surface area contributed by atoms with Gasteiger partial charge in [-0.3, -0.25) is 4.79 Å². The van der Waals surface area contributed by atoms with Crippen LogP contribution in [0.15, 0.2) is 29.2 Å². The summed E-state index contributed by atoms with van der Waals surface area (Å²) in [5.74, 6) is 0.302. The first kappa shape index (κ1) is 21.8. The van der Waals surface area contributed by atoms with E-state index in [0.717, 1.165) is 57.1 Å². The van der Waals surface area contributed by atoms with E-state index in [4.69, 9.17) is 0 Å². The van der Waals surface area contributed by atoms with Crippen LogP contribution >= 0.6 is 0 Å². The quantitative estimate of drug-likeness (QED) is 0.678. The van der Waals surface area contributed by atoms with Gasteiger partial charge in [0.2, 0.25) is 15.9 Å². The highest BCUT2D eigenvalue weighted by Gasteiger charge is 2.58. The van der Waals surface area contributed by atoms with Crippen LogP contribution in [0.5, 0.6) is 0 Å². The summed E-state index contributed by atoms with van der Waals surface area (Å²) in [7, 11) is -3.78. The second kappa shape index (κ2) is 7.79. The highest BCUT2D eigenvalue weighted by Crippen LogP contribution is 2.57. The lowest BCUT2D eigenvalue weighted by Gasteiger charge is -2.62. The second-order valence-electron chi connectivity index (χ2n) is 10.3. The molecule has 5 fully saturated rings. The van der Waals surface area contributed by atoms with Gasteiger partial charge in [-0.15, -0.1) is 0 Å². The molecule has 1 amide bonds. The maximum absolute atomic E-state index is 13.3. The van der Waals surface area contributed by atoms with Gasteiger partial charge in [0.15, 0.2) is 0 Å². The van der Waals surface area contributed by atoms with Crippen molar-refractivity contribution in [2.24, 2.45) is 11.8 Å². The minimum absolute atomic E-state index is 0.0502. The van der Waals surface area contributed by atoms with Crippen LogP contribution < -0.4 is 10.0 Å². The summed E-state index contributed by atoms with van der Waals surface area (Å²) in [5, 5.41) is 12.8. The Morgan fingerprint density at radius 3 is 2.47 bits per heavy atom. The predicted molar refractivity (Wildman–Crippen MR) is 115 cm³/mol. The lowest BCUT2D eigenvalue weighted by Crippen LogP contribution is -2.69. The minimum atomic E-state index is -3.78. The van der Waals surface area contributed by atoms with Crippen LogP contribution in [0.2, 0.25) is 0 Å². The zero-order valence-electron chi connectivity index (χ0n) is 18.0. The number of hydrogen-bond acceptors (Lipinski definition) is 5. The fourth-order valence-corrected chi connectivity index (χ4v) is 8.53. The third-order valence-corrected chi connectivity index (χ3v) is 9.47. The standard InChI is InChI=1S/C23H29FN4O3S/c24-18-3-5-20(6-4-18)32(30,31)27-23-11-16-8-17(12-23)10-22(9-16,15-23)26-14-21(29)28-7-1-2-19(28)13-25/h3-6,16-17,19,26-27H,1-2,7-12,14-15H2. The third kappa shape index (κ3) is 3.93. The molecule has 1 heterocycles. The number of rotatable bonds is 6. The Bertz CT molecular complexity index is 1040. The first-order valence-corrected chi connectivity index (χ1v) is 12.9. The Morgan fingerprint density at radius 1 is 1.16 bits per heavy atom. The molecule has 5 aliphatic rings. The van der Waals surface area contributed by atoms with Crippen LogP contribution in [0, 0.1) is 29.0 Å². The molecule has 9 heteroatoms. The molecule has 32 heavy (non-hydrogen) atoms. The largest absolute Gasteiger partial charge is 0.326 e. The Kier molecular flexibility index (Phi) is 5.31. The molecule has 2 N–H and O–H groups in total. The van der Waals surface area contributed by atoms with Crippen LogP contribution in [0.25, 0.3) is 0 Å². The summed E-state index contributed by atoms with van der Waals surface area (Å²) in [5.41, 5.74) is -0.816. The molecule has 3 unspecified atom stereocenters. The number of nitrogens with one attached hydrogen (secondary N) is 2. The van der Waals surface area contributed by atoms with Gasteiger partial charge in [-0.25, -0.2) is 17.5 Å². The average molecular weight is 461 g/mol. The number of halogens is 1. The molecule has 4 bridgehead atoms. The summed E-state index contributed by atoms with van der Waals surface area (Å²) in [6, 6.07) is 6.80. The first-order chi connectivity index (χ1) is 15.2. The number of sulfonamides is 1.